The molecule has 20 heavy (non-hydrogen) atoms. The molecule has 0 spiro atoms. The van der Waals surface area contributed by atoms with Gasteiger partial charge in [0.25, 0.3) is 0 Å². The Labute approximate surface area is 127 Å². The highest BCUT2D eigenvalue weighted by molar-refractivity contribution is 6.78. The Morgan fingerprint density at radius 3 is 2.10 bits per heavy atom. The molecule has 1 fully saturated rings. The molecule has 1 aliphatic rings. The van der Waals surface area contributed by atoms with E-state index in [1.807, 2.05) is 0 Å². The number of aliphatic hydroxyl groups excluding tert-OH is 1. The normalized spacial score (nSPS) is 25.6. The first-order valence-electron chi connectivity index (χ1n) is 7.84. The van der Waals surface area contributed by atoms with Gasteiger partial charge in [0.15, 0.2) is 8.32 Å². The van der Waals surface area contributed by atoms with Crippen molar-refractivity contribution in [2.45, 2.75) is 89.3 Å². The lowest BCUT2D eigenvalue weighted by Gasteiger charge is -2.36. The van der Waals surface area contributed by atoms with E-state index in [-0.39, 0.29) is 17.2 Å². The minimum Gasteiger partial charge on any atom is -0.417 e. The van der Waals surface area contributed by atoms with Crippen LogP contribution < -0.4 is 0 Å². The molecule has 1 saturated heterocycles. The Morgan fingerprint density at radius 2 is 1.70 bits per heavy atom. The Bertz CT molecular complexity index is 318. The van der Waals surface area contributed by atoms with Crippen molar-refractivity contribution in [3.63, 3.8) is 0 Å². The highest BCUT2D eigenvalue weighted by atomic mass is 28.4. The molecule has 1 N–H and O–H groups in total. The van der Waals surface area contributed by atoms with Crippen molar-refractivity contribution < 1.29 is 14.3 Å². The van der Waals surface area contributed by atoms with Crippen molar-refractivity contribution in [3.05, 3.63) is 0 Å². The summed E-state index contributed by atoms with van der Waals surface area (Å²) in [6.07, 6.45) is 1.50. The lowest BCUT2D eigenvalue weighted by atomic mass is 10.1. The van der Waals surface area contributed by atoms with E-state index in [0.29, 0.717) is 5.73 Å². The summed E-state index contributed by atoms with van der Waals surface area (Å²) in [5.74, 6) is 0. The van der Waals surface area contributed by atoms with Crippen LogP contribution in [0.25, 0.3) is 0 Å². The molecule has 0 radical (unpaired) electrons. The van der Waals surface area contributed by atoms with Crippen molar-refractivity contribution in [2.24, 2.45) is 0 Å². The van der Waals surface area contributed by atoms with Crippen molar-refractivity contribution >= 4 is 16.4 Å². The van der Waals surface area contributed by atoms with Gasteiger partial charge in [0.05, 0.1) is 19.9 Å². The first-order chi connectivity index (χ1) is 8.86. The first kappa shape index (κ1) is 18.4. The van der Waals surface area contributed by atoms with Crippen LogP contribution in [0.5, 0.6) is 0 Å². The van der Waals surface area contributed by atoms with Gasteiger partial charge in [0.2, 0.25) is 0 Å². The fraction of sp³-hybridized carbons (Fsp3) is 1.00. The van der Waals surface area contributed by atoms with Crippen molar-refractivity contribution in [1.29, 1.82) is 0 Å². The SMILES string of the molecule is CC(C)(C)[Si](C)(C)OCCC[C@H](O)[C@H]1O[C@@H]1[Si](C)(C)C. The minimum absolute atomic E-state index is 0.0922. The van der Waals surface area contributed by atoms with Crippen molar-refractivity contribution in [1.82, 2.24) is 0 Å². The fourth-order valence-corrected chi connectivity index (χ4v) is 4.97. The number of ether oxygens (including phenoxy) is 1. The molecule has 0 unspecified atom stereocenters. The summed E-state index contributed by atoms with van der Waals surface area (Å²) in [5, 5.41) is 10.4. The van der Waals surface area contributed by atoms with Gasteiger partial charge < -0.3 is 14.3 Å². The van der Waals surface area contributed by atoms with E-state index in [4.69, 9.17) is 9.16 Å². The molecular weight excluding hydrogens is 284 g/mol. The Kier molecular flexibility index (Phi) is 5.70. The molecule has 0 aromatic rings. The molecule has 0 bridgehead atoms. The zero-order chi connectivity index (χ0) is 15.8. The number of rotatable bonds is 7. The van der Waals surface area contributed by atoms with Gasteiger partial charge in [-0.3, -0.25) is 0 Å². The van der Waals surface area contributed by atoms with E-state index in [1.165, 1.54) is 0 Å². The summed E-state index contributed by atoms with van der Waals surface area (Å²) in [6.45, 7) is 19.0. The molecule has 0 aliphatic carbocycles. The van der Waals surface area contributed by atoms with Gasteiger partial charge in [-0.1, -0.05) is 40.4 Å². The predicted molar refractivity (Wildman–Crippen MR) is 90.4 cm³/mol. The monoisotopic (exact) mass is 318 g/mol. The van der Waals surface area contributed by atoms with E-state index in [9.17, 15) is 5.11 Å². The van der Waals surface area contributed by atoms with Crippen LogP contribution in [0.1, 0.15) is 33.6 Å². The van der Waals surface area contributed by atoms with Gasteiger partial charge in [-0.25, -0.2) is 0 Å². The standard InChI is InChI=1S/C15H34O3Si2/c1-15(2,3)20(7,8)17-11-9-10-12(16)13-14(18-13)19(4,5)6/h12-14,16H,9-11H2,1-8H3/t12-,13+,14+/m0/s1. The zero-order valence-electron chi connectivity index (χ0n) is 14.6. The molecule has 1 heterocycles. The summed E-state index contributed by atoms with van der Waals surface area (Å²) in [7, 11) is -2.90. The molecular formula is C15H34O3Si2. The van der Waals surface area contributed by atoms with Crippen LogP contribution in [0.15, 0.2) is 0 Å². The Balaban J connectivity index is 2.23. The number of aliphatic hydroxyl groups is 1. The molecule has 1 aliphatic heterocycles. The van der Waals surface area contributed by atoms with E-state index >= 15 is 0 Å². The summed E-state index contributed by atoms with van der Waals surface area (Å²) in [5.41, 5.74) is 0.346. The van der Waals surface area contributed by atoms with Crippen LogP contribution >= 0.6 is 0 Å². The largest absolute Gasteiger partial charge is 0.417 e. The highest BCUT2D eigenvalue weighted by Gasteiger charge is 2.51. The molecule has 5 heteroatoms. The lowest BCUT2D eigenvalue weighted by molar-refractivity contribution is 0.117. The number of hydrogen-bond donors (Lipinski definition) is 1. The van der Waals surface area contributed by atoms with E-state index < -0.39 is 16.4 Å². The lowest BCUT2D eigenvalue weighted by Crippen LogP contribution is -2.41. The third kappa shape index (κ3) is 4.95. The molecule has 3 nitrogen and oxygen atoms in total. The first-order valence-corrected chi connectivity index (χ1v) is 14.3. The third-order valence-electron chi connectivity index (χ3n) is 4.67. The van der Waals surface area contributed by atoms with Crippen LogP contribution in [-0.2, 0) is 9.16 Å². The van der Waals surface area contributed by atoms with Crippen LogP contribution in [0.4, 0.5) is 0 Å². The fourth-order valence-electron chi connectivity index (χ4n) is 2.11. The smallest absolute Gasteiger partial charge is 0.191 e. The minimum atomic E-state index is -1.64. The molecule has 3 atom stereocenters. The summed E-state index contributed by atoms with van der Waals surface area (Å²) in [4.78, 5) is 0. The second kappa shape index (κ2) is 6.20. The molecule has 120 valence electrons. The zero-order valence-corrected chi connectivity index (χ0v) is 16.6. The maximum atomic E-state index is 10.2. The van der Waals surface area contributed by atoms with Gasteiger partial charge in [-0.2, -0.15) is 0 Å². The average Bonchev–Trinajstić information content (AvgIpc) is 3.01. The van der Waals surface area contributed by atoms with Crippen LogP contribution in [-0.4, -0.2) is 46.0 Å². The van der Waals surface area contributed by atoms with Crippen LogP contribution in [0.3, 0.4) is 0 Å². The van der Waals surface area contributed by atoms with Crippen LogP contribution in [0, 0.1) is 0 Å². The number of hydrogen-bond acceptors (Lipinski definition) is 3. The van der Waals surface area contributed by atoms with Gasteiger partial charge in [-0.05, 0) is 31.0 Å². The Hall–Kier alpha value is 0.314. The van der Waals surface area contributed by atoms with Crippen LogP contribution in [0.2, 0.25) is 37.8 Å². The molecule has 0 aromatic carbocycles. The van der Waals surface area contributed by atoms with Crippen molar-refractivity contribution in [2.75, 3.05) is 6.61 Å². The quantitative estimate of drug-likeness (QED) is 0.441. The topological polar surface area (TPSA) is 42.0 Å². The third-order valence-corrected chi connectivity index (χ3v) is 11.4. The van der Waals surface area contributed by atoms with Gasteiger partial charge >= 0.3 is 0 Å². The highest BCUT2D eigenvalue weighted by Crippen LogP contribution is 2.37. The van der Waals surface area contributed by atoms with Gasteiger partial charge in [0, 0.05) is 6.61 Å². The van der Waals surface area contributed by atoms with Gasteiger partial charge in [-0.15, -0.1) is 0 Å². The molecule has 0 amide bonds. The Morgan fingerprint density at radius 1 is 1.15 bits per heavy atom. The van der Waals surface area contributed by atoms with E-state index in [0.717, 1.165) is 19.4 Å². The van der Waals surface area contributed by atoms with Gasteiger partial charge in [0.1, 0.15) is 6.10 Å². The van der Waals surface area contributed by atoms with E-state index in [2.05, 4.69) is 53.5 Å². The number of epoxide rings is 1. The summed E-state index contributed by atoms with van der Waals surface area (Å²) >= 11 is 0. The molecule has 0 aromatic heterocycles. The summed E-state index contributed by atoms with van der Waals surface area (Å²) in [6, 6.07) is 0. The molecule has 1 rings (SSSR count). The van der Waals surface area contributed by atoms with Crippen molar-refractivity contribution in [3.8, 4) is 0 Å². The second-order valence-electron chi connectivity index (χ2n) is 8.71. The summed E-state index contributed by atoms with van der Waals surface area (Å²) < 4.78 is 11.8. The maximum absolute atomic E-state index is 10.2. The predicted octanol–water partition coefficient (Wildman–Crippen LogP) is 3.79. The maximum Gasteiger partial charge on any atom is 0.191 e. The second-order valence-corrected chi connectivity index (χ2v) is 18.8. The molecule has 0 saturated carbocycles. The average molecular weight is 319 g/mol. The van der Waals surface area contributed by atoms with E-state index in [1.54, 1.807) is 0 Å².